The first kappa shape index (κ1) is 17.7. The van der Waals surface area contributed by atoms with Crippen LogP contribution in [-0.4, -0.2) is 38.9 Å². The zero-order chi connectivity index (χ0) is 18.2. The van der Waals surface area contributed by atoms with Crippen molar-refractivity contribution in [3.8, 4) is 0 Å². The molecule has 7 nitrogen and oxygen atoms in total. The lowest BCUT2D eigenvalue weighted by Gasteiger charge is -2.31. The molecule has 3 atom stereocenters. The molecule has 3 rings (SSSR count). The van der Waals surface area contributed by atoms with Crippen molar-refractivity contribution in [2.45, 2.75) is 51.5 Å². The lowest BCUT2D eigenvalue weighted by Crippen LogP contribution is -2.49. The number of nitrogens with zero attached hydrogens (tertiary/aromatic N) is 1. The molecule has 0 radical (unpaired) electrons. The van der Waals surface area contributed by atoms with Crippen LogP contribution < -0.4 is 0 Å². The first-order valence-electron chi connectivity index (χ1n) is 8.45. The van der Waals surface area contributed by atoms with Crippen LogP contribution in [0.4, 0.5) is 0 Å². The van der Waals surface area contributed by atoms with E-state index in [2.05, 4.69) is 0 Å². The van der Waals surface area contributed by atoms with Crippen LogP contribution in [0, 0.1) is 5.92 Å². The Balaban J connectivity index is 2.00. The van der Waals surface area contributed by atoms with Gasteiger partial charge in [0.1, 0.15) is 12.7 Å². The summed E-state index contributed by atoms with van der Waals surface area (Å²) in [5.74, 6) is -2.06. The van der Waals surface area contributed by atoms with Gasteiger partial charge in [0.25, 0.3) is 0 Å². The zero-order valence-electron chi connectivity index (χ0n) is 14.4. The van der Waals surface area contributed by atoms with Crippen molar-refractivity contribution >= 4 is 11.9 Å². The number of hydrogen-bond acceptors (Lipinski definition) is 6. The molecule has 0 aliphatic carbocycles. The van der Waals surface area contributed by atoms with Gasteiger partial charge in [0.05, 0.1) is 12.3 Å². The number of rotatable bonds is 1. The maximum absolute atomic E-state index is 12.6. The summed E-state index contributed by atoms with van der Waals surface area (Å²) in [4.78, 5) is 25.0. The number of allylic oxidation sites excluding steroid dienone is 1. The molecule has 7 heteroatoms. The summed E-state index contributed by atoms with van der Waals surface area (Å²) in [6.45, 7) is 3.20. The van der Waals surface area contributed by atoms with Gasteiger partial charge in [-0.1, -0.05) is 13.0 Å². The first-order valence-corrected chi connectivity index (χ1v) is 8.45. The van der Waals surface area contributed by atoms with E-state index in [9.17, 15) is 19.8 Å². The van der Waals surface area contributed by atoms with E-state index in [0.29, 0.717) is 12.0 Å². The Hall–Kier alpha value is -2.12. The van der Waals surface area contributed by atoms with Crippen molar-refractivity contribution < 1.29 is 29.3 Å². The molecule has 136 valence electrons. The summed E-state index contributed by atoms with van der Waals surface area (Å²) in [5.41, 5.74) is -0.160. The fraction of sp³-hybridized carbons (Fsp3) is 0.556. The van der Waals surface area contributed by atoms with Crippen LogP contribution in [0.5, 0.6) is 0 Å². The van der Waals surface area contributed by atoms with Crippen molar-refractivity contribution in [3.05, 3.63) is 35.2 Å². The number of aromatic nitrogens is 1. The molecule has 0 aromatic carbocycles. The summed E-state index contributed by atoms with van der Waals surface area (Å²) in [6, 6.07) is 1.81. The summed E-state index contributed by atoms with van der Waals surface area (Å²) < 4.78 is 12.9. The molecule has 0 saturated heterocycles. The average molecular weight is 349 g/mol. The largest absolute Gasteiger partial charge is 0.459 e. The first-order chi connectivity index (χ1) is 11.9. The molecule has 3 heterocycles. The van der Waals surface area contributed by atoms with Crippen LogP contribution in [0.2, 0.25) is 0 Å². The molecule has 0 amide bonds. The maximum atomic E-state index is 12.6. The summed E-state index contributed by atoms with van der Waals surface area (Å²) >= 11 is 0. The number of aliphatic hydroxyl groups is 2. The molecule has 2 N–H and O–H groups in total. The number of carbonyl (C=O) groups excluding carboxylic acids is 2. The third-order valence-electron chi connectivity index (χ3n) is 5.19. The van der Waals surface area contributed by atoms with Crippen LogP contribution in [0.25, 0.3) is 0 Å². The predicted molar refractivity (Wildman–Crippen MR) is 87.3 cm³/mol. The Morgan fingerprint density at radius 3 is 2.88 bits per heavy atom. The standard InChI is InChI=1S/C18H23NO6/c1-3-12-8-11(2)18(23,10-20)17(22)24-9-13-4-6-19-7-5-14(15(13)19)25-16(12)21/h3-4,6,11,14,20,23H,5,7-10H2,1-2H3. The second-order valence-electron chi connectivity index (χ2n) is 6.68. The molecule has 3 unspecified atom stereocenters. The Kier molecular flexibility index (Phi) is 4.71. The highest BCUT2D eigenvalue weighted by molar-refractivity contribution is 5.89. The van der Waals surface area contributed by atoms with E-state index in [-0.39, 0.29) is 19.1 Å². The smallest absolute Gasteiger partial charge is 0.341 e. The number of aryl methyl sites for hydroxylation is 1. The van der Waals surface area contributed by atoms with Gasteiger partial charge in [-0.25, -0.2) is 9.59 Å². The maximum Gasteiger partial charge on any atom is 0.341 e. The molecule has 0 spiro atoms. The second-order valence-corrected chi connectivity index (χ2v) is 6.68. The molecule has 0 saturated carbocycles. The highest BCUT2D eigenvalue weighted by Crippen LogP contribution is 2.36. The fourth-order valence-corrected chi connectivity index (χ4v) is 3.46. The average Bonchev–Trinajstić information content (AvgIpc) is 3.18. The van der Waals surface area contributed by atoms with Gasteiger partial charge in [0, 0.05) is 36.2 Å². The molecule has 2 aliphatic heterocycles. The van der Waals surface area contributed by atoms with Gasteiger partial charge in [0.15, 0.2) is 5.60 Å². The number of hydrogen-bond donors (Lipinski definition) is 2. The Morgan fingerprint density at radius 2 is 2.20 bits per heavy atom. The number of cyclic esters (lactones) is 1. The molecular weight excluding hydrogens is 326 g/mol. The van der Waals surface area contributed by atoms with E-state index in [1.165, 1.54) is 0 Å². The quantitative estimate of drug-likeness (QED) is 0.584. The van der Waals surface area contributed by atoms with Gasteiger partial charge in [-0.15, -0.1) is 0 Å². The van der Waals surface area contributed by atoms with Crippen LogP contribution in [0.1, 0.15) is 44.1 Å². The minimum absolute atomic E-state index is 0.0410. The minimum Gasteiger partial charge on any atom is -0.459 e. The van der Waals surface area contributed by atoms with Crippen LogP contribution >= 0.6 is 0 Å². The van der Waals surface area contributed by atoms with Crippen LogP contribution in [-0.2, 0) is 32.2 Å². The third kappa shape index (κ3) is 2.98. The number of carbonyl (C=O) groups is 2. The lowest BCUT2D eigenvalue weighted by atomic mass is 9.84. The molecule has 1 aromatic heterocycles. The van der Waals surface area contributed by atoms with Crippen molar-refractivity contribution in [3.63, 3.8) is 0 Å². The topological polar surface area (TPSA) is 98.0 Å². The van der Waals surface area contributed by atoms with Crippen molar-refractivity contribution in [2.75, 3.05) is 6.61 Å². The van der Waals surface area contributed by atoms with Gasteiger partial charge in [-0.3, -0.25) is 0 Å². The minimum atomic E-state index is -2.07. The third-order valence-corrected chi connectivity index (χ3v) is 5.19. The molecule has 0 bridgehead atoms. The number of ether oxygens (including phenoxy) is 2. The highest BCUT2D eigenvalue weighted by Gasteiger charge is 2.44. The number of esters is 2. The monoisotopic (exact) mass is 349 g/mol. The molecule has 25 heavy (non-hydrogen) atoms. The van der Waals surface area contributed by atoms with Gasteiger partial charge in [-0.2, -0.15) is 0 Å². The van der Waals surface area contributed by atoms with E-state index in [4.69, 9.17) is 9.47 Å². The van der Waals surface area contributed by atoms with Crippen LogP contribution in [0.15, 0.2) is 23.9 Å². The van der Waals surface area contributed by atoms with E-state index in [0.717, 1.165) is 17.8 Å². The van der Waals surface area contributed by atoms with E-state index < -0.39 is 30.1 Å². The lowest BCUT2D eigenvalue weighted by molar-refractivity contribution is -0.178. The van der Waals surface area contributed by atoms with Gasteiger partial charge >= 0.3 is 11.9 Å². The normalized spacial score (nSPS) is 31.8. The van der Waals surface area contributed by atoms with Gasteiger partial charge < -0.3 is 24.3 Å². The SMILES string of the molecule is CC=C1CC(C)C(O)(CO)C(=O)OCc2ccn3c2C(CC3)OC1=O. The van der Waals surface area contributed by atoms with E-state index >= 15 is 0 Å². The van der Waals surface area contributed by atoms with Gasteiger partial charge in [0.2, 0.25) is 0 Å². The van der Waals surface area contributed by atoms with Crippen molar-refractivity contribution in [1.82, 2.24) is 4.57 Å². The van der Waals surface area contributed by atoms with Gasteiger partial charge in [-0.05, 0) is 19.4 Å². The fourth-order valence-electron chi connectivity index (χ4n) is 3.46. The van der Waals surface area contributed by atoms with Crippen molar-refractivity contribution in [1.29, 1.82) is 0 Å². The molecular formula is C18H23NO6. The molecule has 1 aromatic rings. The second kappa shape index (κ2) is 6.65. The highest BCUT2D eigenvalue weighted by atomic mass is 16.6. The van der Waals surface area contributed by atoms with Crippen molar-refractivity contribution in [2.24, 2.45) is 5.92 Å². The Bertz CT molecular complexity index is 721. The Labute approximate surface area is 145 Å². The van der Waals surface area contributed by atoms with E-state index in [1.807, 2.05) is 16.8 Å². The Morgan fingerprint density at radius 1 is 1.44 bits per heavy atom. The summed E-state index contributed by atoms with van der Waals surface area (Å²) in [7, 11) is 0. The van der Waals surface area contributed by atoms with Crippen LogP contribution in [0.3, 0.4) is 0 Å². The van der Waals surface area contributed by atoms with E-state index in [1.54, 1.807) is 19.9 Å². The number of aliphatic hydroxyl groups excluding tert-OH is 1. The molecule has 0 fully saturated rings. The molecule has 2 aliphatic rings. The summed E-state index contributed by atoms with van der Waals surface area (Å²) in [6.07, 6.45) is 3.88. The predicted octanol–water partition coefficient (Wildman–Crippen LogP) is 1.23. The summed E-state index contributed by atoms with van der Waals surface area (Å²) in [5, 5.41) is 20.2. The zero-order valence-corrected chi connectivity index (χ0v) is 14.4.